The zero-order chi connectivity index (χ0) is 26.4. The van der Waals surface area contributed by atoms with Crippen molar-refractivity contribution in [3.63, 3.8) is 0 Å². The number of hydrogen-bond acceptors (Lipinski definition) is 5. The Morgan fingerprint density at radius 2 is 2.14 bits per heavy atom. The lowest BCUT2D eigenvalue weighted by molar-refractivity contribution is -0.137. The third kappa shape index (κ3) is 6.59. The largest absolute Gasteiger partial charge is 0.381 e. The maximum Gasteiger partial charge on any atom is 0.224 e. The second-order valence-electron chi connectivity index (χ2n) is 9.67. The van der Waals surface area contributed by atoms with Gasteiger partial charge in [0.15, 0.2) is 0 Å². The average Bonchev–Trinajstić information content (AvgIpc) is 3.50. The van der Waals surface area contributed by atoms with Crippen LogP contribution in [0.15, 0.2) is 37.1 Å². The Morgan fingerprint density at radius 1 is 1.35 bits per heavy atom. The minimum absolute atomic E-state index is 0.0237. The first-order chi connectivity index (χ1) is 17.9. The summed E-state index contributed by atoms with van der Waals surface area (Å²) in [5.41, 5.74) is 0.340. The maximum absolute atomic E-state index is 14.7. The van der Waals surface area contributed by atoms with Crippen LogP contribution in [0.3, 0.4) is 0 Å². The van der Waals surface area contributed by atoms with E-state index in [-0.39, 0.29) is 42.1 Å². The fourth-order valence-electron chi connectivity index (χ4n) is 5.25. The van der Waals surface area contributed by atoms with Gasteiger partial charge in [-0.2, -0.15) is 11.8 Å². The molecule has 0 bridgehead atoms. The van der Waals surface area contributed by atoms with E-state index in [2.05, 4.69) is 11.9 Å². The molecule has 10 heteroatoms. The maximum atomic E-state index is 14.7. The topological polar surface area (TPSA) is 59.4 Å². The first-order valence-electron chi connectivity index (χ1n) is 12.8. The number of benzene rings is 1. The number of nitrogens with one attached hydrogen (secondary N) is 1. The summed E-state index contributed by atoms with van der Waals surface area (Å²) in [6.45, 7) is 6.36. The summed E-state index contributed by atoms with van der Waals surface area (Å²) in [5, 5.41) is 3.09. The summed E-state index contributed by atoms with van der Waals surface area (Å²) < 4.78 is 50.9. The summed E-state index contributed by atoms with van der Waals surface area (Å²) in [5.74, 6) is -0.281. The van der Waals surface area contributed by atoms with Crippen molar-refractivity contribution in [1.82, 2.24) is 19.8 Å². The summed E-state index contributed by atoms with van der Waals surface area (Å²) in [6, 6.07) is 2.82. The summed E-state index contributed by atoms with van der Waals surface area (Å²) in [4.78, 5) is 20.3. The van der Waals surface area contributed by atoms with Gasteiger partial charge >= 0.3 is 0 Å². The van der Waals surface area contributed by atoms with Gasteiger partial charge in [0.2, 0.25) is 5.91 Å². The molecule has 2 fully saturated rings. The van der Waals surface area contributed by atoms with Crippen LogP contribution in [0.2, 0.25) is 0 Å². The second kappa shape index (κ2) is 13.0. The number of aromatic nitrogens is 2. The molecule has 4 rings (SSSR count). The van der Waals surface area contributed by atoms with Gasteiger partial charge in [-0.3, -0.25) is 4.79 Å². The molecular formula is C27H35F3N4O2S. The van der Waals surface area contributed by atoms with Crippen molar-refractivity contribution in [1.29, 1.82) is 0 Å². The van der Waals surface area contributed by atoms with E-state index in [1.165, 1.54) is 0 Å². The van der Waals surface area contributed by atoms with E-state index in [1.807, 2.05) is 10.8 Å². The molecule has 1 aromatic carbocycles. The van der Waals surface area contributed by atoms with Crippen molar-refractivity contribution < 1.29 is 22.7 Å². The Bertz CT molecular complexity index is 1080. The normalized spacial score (nSPS) is 21.2. The lowest BCUT2D eigenvalue weighted by Gasteiger charge is -2.40. The van der Waals surface area contributed by atoms with Crippen LogP contribution in [-0.4, -0.2) is 71.4 Å². The Morgan fingerprint density at radius 3 is 2.81 bits per heavy atom. The molecule has 0 aliphatic carbocycles. The quantitative estimate of drug-likeness (QED) is 0.425. The van der Waals surface area contributed by atoms with Gasteiger partial charge < -0.3 is 19.5 Å². The van der Waals surface area contributed by atoms with Crippen LogP contribution in [0.5, 0.6) is 0 Å². The van der Waals surface area contributed by atoms with Gasteiger partial charge in [-0.15, -0.1) is 6.58 Å². The number of ether oxygens (including phenoxy) is 1. The lowest BCUT2D eigenvalue weighted by Crippen LogP contribution is -2.45. The number of carbonyl (C=O) groups excluding carboxylic acids is 1. The van der Waals surface area contributed by atoms with E-state index in [1.54, 1.807) is 28.9 Å². The van der Waals surface area contributed by atoms with Crippen LogP contribution in [-0.2, 0) is 16.1 Å². The number of halogens is 3. The van der Waals surface area contributed by atoms with Crippen molar-refractivity contribution in [2.24, 2.45) is 11.8 Å². The molecule has 0 radical (unpaired) electrons. The van der Waals surface area contributed by atoms with Crippen molar-refractivity contribution in [2.45, 2.75) is 38.0 Å². The molecular weight excluding hydrogens is 501 g/mol. The molecule has 0 spiro atoms. The van der Waals surface area contributed by atoms with E-state index >= 15 is 0 Å². The molecule has 3 heterocycles. The third-order valence-corrected chi connectivity index (χ3v) is 7.79. The molecule has 1 amide bonds. The molecule has 2 saturated heterocycles. The zero-order valence-electron chi connectivity index (χ0n) is 21.2. The summed E-state index contributed by atoms with van der Waals surface area (Å²) >= 11 is 1.58. The molecule has 37 heavy (non-hydrogen) atoms. The number of imidazole rings is 1. The van der Waals surface area contributed by atoms with Crippen molar-refractivity contribution >= 4 is 17.7 Å². The highest BCUT2D eigenvalue weighted by Crippen LogP contribution is 2.38. The summed E-state index contributed by atoms with van der Waals surface area (Å²) in [6.07, 6.45) is 6.04. The molecule has 0 saturated carbocycles. The van der Waals surface area contributed by atoms with Crippen molar-refractivity contribution in [3.8, 4) is 11.3 Å². The first-order valence-corrected chi connectivity index (χ1v) is 14.2. The zero-order valence-corrected chi connectivity index (χ0v) is 22.0. The Hall–Kier alpha value is -2.30. The van der Waals surface area contributed by atoms with Crippen molar-refractivity contribution in [2.75, 3.05) is 44.9 Å². The number of rotatable bonds is 11. The monoisotopic (exact) mass is 536 g/mol. The molecule has 6 nitrogen and oxygen atoms in total. The van der Waals surface area contributed by atoms with Gasteiger partial charge in [0.1, 0.15) is 23.6 Å². The second-order valence-corrected chi connectivity index (χ2v) is 10.7. The number of allylic oxidation sites excluding steroid dienone is 1. The molecule has 2 aromatic rings. The van der Waals surface area contributed by atoms with Gasteiger partial charge in [0, 0.05) is 69.2 Å². The third-order valence-electron chi connectivity index (χ3n) is 7.18. The van der Waals surface area contributed by atoms with Crippen LogP contribution in [0.25, 0.3) is 11.3 Å². The lowest BCUT2D eigenvalue weighted by atomic mass is 9.88. The number of hydrogen-bond donors (Lipinski definition) is 1. The highest BCUT2D eigenvalue weighted by atomic mass is 32.2. The minimum atomic E-state index is -1.05. The smallest absolute Gasteiger partial charge is 0.224 e. The van der Waals surface area contributed by atoms with Crippen LogP contribution >= 0.6 is 11.8 Å². The standard InChI is InChI=1S/C27H35F3N4O2S/c1-3-9-33-17-24(21-13-20(28)4-5-22(21)29)32-27(33)26(18-6-10-36-11-7-18)34(25(35)8-12-37-2)16-19-14-31-15-23(19)30/h3-5,13,17-19,23,26,31H,1,6-12,14-16H2,2H3/t19-,23-,26+/m0/s1. The molecule has 2 aliphatic heterocycles. The van der Waals surface area contributed by atoms with Crippen LogP contribution in [0.4, 0.5) is 13.2 Å². The molecule has 1 N–H and O–H groups in total. The number of alkyl halides is 1. The van der Waals surface area contributed by atoms with Crippen LogP contribution in [0.1, 0.15) is 31.1 Å². The predicted octanol–water partition coefficient (Wildman–Crippen LogP) is 4.62. The highest BCUT2D eigenvalue weighted by Gasteiger charge is 2.39. The Kier molecular flexibility index (Phi) is 9.72. The van der Waals surface area contributed by atoms with Gasteiger partial charge in [0.25, 0.3) is 0 Å². The number of thioether (sulfide) groups is 1. The first kappa shape index (κ1) is 27.7. The minimum Gasteiger partial charge on any atom is -0.381 e. The van der Waals surface area contributed by atoms with Gasteiger partial charge in [-0.05, 0) is 43.2 Å². The van der Waals surface area contributed by atoms with Crippen molar-refractivity contribution in [3.05, 3.63) is 54.5 Å². The van der Waals surface area contributed by atoms with Gasteiger partial charge in [0.05, 0.1) is 11.7 Å². The fraction of sp³-hybridized carbons (Fsp3) is 0.556. The molecule has 202 valence electrons. The number of carbonyl (C=O) groups is 1. The highest BCUT2D eigenvalue weighted by molar-refractivity contribution is 7.98. The predicted molar refractivity (Wildman–Crippen MR) is 140 cm³/mol. The van der Waals surface area contributed by atoms with Crippen LogP contribution in [0, 0.1) is 23.5 Å². The summed E-state index contributed by atoms with van der Waals surface area (Å²) in [7, 11) is 0. The number of amides is 1. The van der Waals surface area contributed by atoms with Gasteiger partial charge in [-0.1, -0.05) is 6.08 Å². The SMILES string of the molecule is C=CCn1cc(-c2cc(F)ccc2F)nc1[C@@H](C1CCOCC1)N(C[C@@H]1CNC[C@@H]1F)C(=O)CCSC. The Labute approximate surface area is 220 Å². The van der Waals surface area contributed by atoms with Crippen LogP contribution < -0.4 is 5.32 Å². The molecule has 0 unspecified atom stereocenters. The van der Waals surface area contributed by atoms with E-state index in [0.29, 0.717) is 57.1 Å². The molecule has 2 aliphatic rings. The number of nitrogens with zero attached hydrogens (tertiary/aromatic N) is 3. The van der Waals surface area contributed by atoms with E-state index in [0.717, 1.165) is 18.2 Å². The fourth-order valence-corrected chi connectivity index (χ4v) is 5.63. The molecule has 1 aromatic heterocycles. The van der Waals surface area contributed by atoms with E-state index < -0.39 is 23.8 Å². The Balaban J connectivity index is 1.81. The van der Waals surface area contributed by atoms with Gasteiger partial charge in [-0.25, -0.2) is 18.2 Å². The average molecular weight is 537 g/mol. The van der Waals surface area contributed by atoms with E-state index in [4.69, 9.17) is 9.72 Å². The van der Waals surface area contributed by atoms with E-state index in [9.17, 15) is 18.0 Å². The molecule has 3 atom stereocenters.